The summed E-state index contributed by atoms with van der Waals surface area (Å²) in [4.78, 5) is 16.0. The molecule has 0 saturated carbocycles. The van der Waals surface area contributed by atoms with Crippen molar-refractivity contribution in [3.05, 3.63) is 0 Å². The summed E-state index contributed by atoms with van der Waals surface area (Å²) in [6, 6.07) is 0. The Morgan fingerprint density at radius 3 is 2.93 bits per heavy atom. The highest BCUT2D eigenvalue weighted by molar-refractivity contribution is 8.14. The molecule has 4 nitrogen and oxygen atoms in total. The monoisotopic (exact) mass is 214 g/mol. The van der Waals surface area contributed by atoms with Crippen LogP contribution in [0.4, 0.5) is 0 Å². The molecule has 1 fully saturated rings. The SMILES string of the molecule is CCC1(C(=O)NC2=NCCS2)COC1. The van der Waals surface area contributed by atoms with Crippen LogP contribution in [0, 0.1) is 5.41 Å². The molecule has 0 spiro atoms. The predicted octanol–water partition coefficient (Wildman–Crippen LogP) is 0.632. The van der Waals surface area contributed by atoms with Gasteiger partial charge in [-0.15, -0.1) is 0 Å². The minimum absolute atomic E-state index is 0.0689. The van der Waals surface area contributed by atoms with Crippen LogP contribution >= 0.6 is 11.8 Å². The highest BCUT2D eigenvalue weighted by atomic mass is 32.2. The van der Waals surface area contributed by atoms with Crippen molar-refractivity contribution in [2.75, 3.05) is 25.5 Å². The average molecular weight is 214 g/mol. The summed E-state index contributed by atoms with van der Waals surface area (Å²) < 4.78 is 5.11. The molecule has 0 aliphatic carbocycles. The maximum absolute atomic E-state index is 11.8. The van der Waals surface area contributed by atoms with Gasteiger partial charge in [-0.05, 0) is 6.42 Å². The maximum atomic E-state index is 11.8. The van der Waals surface area contributed by atoms with Gasteiger partial charge in [0.15, 0.2) is 5.17 Å². The number of amidine groups is 1. The fourth-order valence-electron chi connectivity index (χ4n) is 1.48. The lowest BCUT2D eigenvalue weighted by molar-refractivity contribution is -0.160. The number of nitrogens with zero attached hydrogens (tertiary/aromatic N) is 1. The second-order valence-electron chi connectivity index (χ2n) is 3.62. The van der Waals surface area contributed by atoms with Crippen molar-refractivity contribution in [1.82, 2.24) is 5.32 Å². The third-order valence-electron chi connectivity index (χ3n) is 2.72. The van der Waals surface area contributed by atoms with Crippen molar-refractivity contribution in [2.24, 2.45) is 10.4 Å². The Kier molecular flexibility index (Phi) is 2.78. The Bertz CT molecular complexity index is 268. The first-order valence-electron chi connectivity index (χ1n) is 4.83. The quantitative estimate of drug-likeness (QED) is 0.733. The van der Waals surface area contributed by atoms with Crippen LogP contribution in [-0.4, -0.2) is 36.6 Å². The molecule has 0 unspecified atom stereocenters. The molecule has 2 heterocycles. The summed E-state index contributed by atoms with van der Waals surface area (Å²) in [6.07, 6.45) is 0.830. The average Bonchev–Trinajstić information content (AvgIpc) is 2.55. The molecule has 2 aliphatic heterocycles. The van der Waals surface area contributed by atoms with E-state index in [4.69, 9.17) is 4.74 Å². The van der Waals surface area contributed by atoms with E-state index in [0.29, 0.717) is 13.2 Å². The van der Waals surface area contributed by atoms with E-state index >= 15 is 0 Å². The van der Waals surface area contributed by atoms with Crippen molar-refractivity contribution >= 4 is 22.8 Å². The molecule has 78 valence electrons. The number of amides is 1. The van der Waals surface area contributed by atoms with E-state index < -0.39 is 0 Å². The first-order valence-corrected chi connectivity index (χ1v) is 5.82. The van der Waals surface area contributed by atoms with Crippen LogP contribution in [-0.2, 0) is 9.53 Å². The van der Waals surface area contributed by atoms with Crippen LogP contribution in [0.1, 0.15) is 13.3 Å². The molecule has 0 aromatic carbocycles. The van der Waals surface area contributed by atoms with Gasteiger partial charge in [-0.25, -0.2) is 0 Å². The number of carbonyl (C=O) groups excluding carboxylic acids is 1. The summed E-state index contributed by atoms with van der Waals surface area (Å²) in [5.74, 6) is 1.05. The first kappa shape index (κ1) is 9.98. The van der Waals surface area contributed by atoms with Crippen LogP contribution in [0.5, 0.6) is 0 Å². The summed E-state index contributed by atoms with van der Waals surface area (Å²) in [6.45, 7) is 3.93. The highest BCUT2D eigenvalue weighted by Gasteiger charge is 2.44. The number of nitrogens with one attached hydrogen (secondary N) is 1. The molecule has 0 radical (unpaired) electrons. The van der Waals surface area contributed by atoms with E-state index in [1.807, 2.05) is 6.92 Å². The standard InChI is InChI=1S/C9H14N2O2S/c1-2-9(5-13-6-9)7(12)11-8-10-3-4-14-8/h2-6H2,1H3,(H,10,11,12). The number of aliphatic imine (C=N–C) groups is 1. The van der Waals surface area contributed by atoms with E-state index in [1.165, 1.54) is 0 Å². The van der Waals surface area contributed by atoms with Gasteiger partial charge in [0.05, 0.1) is 25.2 Å². The predicted molar refractivity (Wildman–Crippen MR) is 56.4 cm³/mol. The first-order chi connectivity index (χ1) is 6.77. The Morgan fingerprint density at radius 1 is 1.71 bits per heavy atom. The molecular formula is C9H14N2O2S. The number of hydrogen-bond donors (Lipinski definition) is 1. The number of carbonyl (C=O) groups is 1. The van der Waals surface area contributed by atoms with Gasteiger partial charge in [0, 0.05) is 5.75 Å². The Labute approximate surface area is 87.5 Å². The largest absolute Gasteiger partial charge is 0.379 e. The third kappa shape index (κ3) is 1.66. The fraction of sp³-hybridized carbons (Fsp3) is 0.778. The topological polar surface area (TPSA) is 50.7 Å². The van der Waals surface area contributed by atoms with Gasteiger partial charge in [-0.2, -0.15) is 0 Å². The molecule has 1 amide bonds. The van der Waals surface area contributed by atoms with Crippen LogP contribution in [0.15, 0.2) is 4.99 Å². The number of hydrogen-bond acceptors (Lipinski definition) is 4. The van der Waals surface area contributed by atoms with E-state index in [9.17, 15) is 4.79 Å². The van der Waals surface area contributed by atoms with Crippen LogP contribution in [0.25, 0.3) is 0 Å². The van der Waals surface area contributed by atoms with Gasteiger partial charge >= 0.3 is 0 Å². The molecule has 0 atom stereocenters. The van der Waals surface area contributed by atoms with E-state index in [1.54, 1.807) is 11.8 Å². The lowest BCUT2D eigenvalue weighted by Gasteiger charge is -2.38. The normalized spacial score (nSPS) is 23.9. The van der Waals surface area contributed by atoms with Gasteiger partial charge in [0.1, 0.15) is 0 Å². The van der Waals surface area contributed by atoms with Gasteiger partial charge in [0.25, 0.3) is 0 Å². The number of rotatable bonds is 2. The molecule has 2 rings (SSSR count). The maximum Gasteiger partial charge on any atom is 0.236 e. The molecule has 1 saturated heterocycles. The van der Waals surface area contributed by atoms with E-state index in [2.05, 4.69) is 10.3 Å². The van der Waals surface area contributed by atoms with Crippen LogP contribution in [0.3, 0.4) is 0 Å². The van der Waals surface area contributed by atoms with Crippen molar-refractivity contribution in [1.29, 1.82) is 0 Å². The number of ether oxygens (including phenoxy) is 1. The van der Waals surface area contributed by atoms with Crippen molar-refractivity contribution < 1.29 is 9.53 Å². The zero-order chi connectivity index (χ0) is 10.0. The highest BCUT2D eigenvalue weighted by Crippen LogP contribution is 2.31. The van der Waals surface area contributed by atoms with Gasteiger partial charge in [-0.3, -0.25) is 9.79 Å². The Hall–Kier alpha value is -0.550. The van der Waals surface area contributed by atoms with Crippen molar-refractivity contribution in [2.45, 2.75) is 13.3 Å². The zero-order valence-corrected chi connectivity index (χ0v) is 9.02. The van der Waals surface area contributed by atoms with Crippen molar-refractivity contribution in [3.8, 4) is 0 Å². The Morgan fingerprint density at radius 2 is 2.50 bits per heavy atom. The van der Waals surface area contributed by atoms with Gasteiger partial charge in [0.2, 0.25) is 5.91 Å². The minimum Gasteiger partial charge on any atom is -0.379 e. The van der Waals surface area contributed by atoms with E-state index in [-0.39, 0.29) is 11.3 Å². The molecular weight excluding hydrogens is 200 g/mol. The van der Waals surface area contributed by atoms with Crippen LogP contribution < -0.4 is 5.32 Å². The van der Waals surface area contributed by atoms with Gasteiger partial charge in [-0.1, -0.05) is 18.7 Å². The van der Waals surface area contributed by atoms with E-state index in [0.717, 1.165) is 23.9 Å². The second-order valence-corrected chi connectivity index (χ2v) is 4.70. The zero-order valence-electron chi connectivity index (χ0n) is 8.21. The minimum atomic E-state index is -0.286. The lowest BCUT2D eigenvalue weighted by Crippen LogP contribution is -2.54. The smallest absolute Gasteiger partial charge is 0.236 e. The molecule has 0 aromatic rings. The molecule has 0 aromatic heterocycles. The summed E-state index contributed by atoms with van der Waals surface area (Å²) >= 11 is 1.61. The summed E-state index contributed by atoms with van der Waals surface area (Å²) in [5.41, 5.74) is -0.286. The van der Waals surface area contributed by atoms with Crippen molar-refractivity contribution in [3.63, 3.8) is 0 Å². The van der Waals surface area contributed by atoms with Crippen LogP contribution in [0.2, 0.25) is 0 Å². The fourth-order valence-corrected chi connectivity index (χ4v) is 2.21. The molecule has 1 N–H and O–H groups in total. The second kappa shape index (κ2) is 3.90. The Balaban J connectivity index is 1.94. The summed E-state index contributed by atoms with van der Waals surface area (Å²) in [5, 5.41) is 3.64. The van der Waals surface area contributed by atoms with Gasteiger partial charge < -0.3 is 10.1 Å². The summed E-state index contributed by atoms with van der Waals surface area (Å²) in [7, 11) is 0. The lowest BCUT2D eigenvalue weighted by atomic mass is 9.82. The third-order valence-corrected chi connectivity index (χ3v) is 3.61. The molecule has 5 heteroatoms. The molecule has 2 aliphatic rings. The number of thioether (sulfide) groups is 1. The molecule has 14 heavy (non-hydrogen) atoms. The molecule has 0 bridgehead atoms.